The van der Waals surface area contributed by atoms with Crippen LogP contribution in [0, 0.1) is 10.1 Å². The van der Waals surface area contributed by atoms with Gasteiger partial charge >= 0.3 is 6.18 Å². The number of nitrogens with zero attached hydrogens (tertiary/aromatic N) is 4. The summed E-state index contributed by atoms with van der Waals surface area (Å²) in [6.07, 6.45) is -4.57. The van der Waals surface area contributed by atoms with Crippen LogP contribution in [0.1, 0.15) is 5.56 Å². The lowest BCUT2D eigenvalue weighted by molar-refractivity contribution is -0.384. The van der Waals surface area contributed by atoms with E-state index in [4.69, 9.17) is 16.4 Å². The summed E-state index contributed by atoms with van der Waals surface area (Å²) in [5.74, 6) is -0.729. The highest BCUT2D eigenvalue weighted by atomic mass is 35.5. The van der Waals surface area contributed by atoms with E-state index in [0.29, 0.717) is 4.85 Å². The van der Waals surface area contributed by atoms with Crippen molar-refractivity contribution in [2.75, 3.05) is 11.9 Å². The van der Waals surface area contributed by atoms with Crippen molar-refractivity contribution >= 4 is 39.9 Å². The topological polar surface area (TPSA) is 112 Å². The van der Waals surface area contributed by atoms with E-state index in [1.165, 1.54) is 12.1 Å². The number of carbonyl (C=O) groups is 1. The summed E-state index contributed by atoms with van der Waals surface area (Å²) in [7, 11) is 0. The van der Waals surface area contributed by atoms with Gasteiger partial charge in [-0.05, 0) is 35.5 Å². The molecule has 0 saturated heterocycles. The summed E-state index contributed by atoms with van der Waals surface area (Å²) in [6, 6.07) is 6.39. The molecule has 1 N–H and O–H groups in total. The van der Waals surface area contributed by atoms with E-state index in [2.05, 4.69) is 15.6 Å². The number of fused-ring (bicyclic) bond motifs is 1. The molecule has 9 nitrogen and oxygen atoms in total. The molecule has 2 aromatic carbocycles. The van der Waals surface area contributed by atoms with Crippen molar-refractivity contribution in [1.29, 1.82) is 0 Å². The summed E-state index contributed by atoms with van der Waals surface area (Å²) in [5.41, 5.74) is -1.17. The lowest BCUT2D eigenvalue weighted by atomic mass is 10.2. The number of carbonyl (C=O) groups excluding carboxylic acids is 1. The predicted octanol–water partition coefficient (Wildman–Crippen LogP) is 3.08. The summed E-state index contributed by atoms with van der Waals surface area (Å²) >= 11 is 5.68. The van der Waals surface area contributed by atoms with Crippen molar-refractivity contribution in [2.24, 2.45) is 0 Å². The summed E-state index contributed by atoms with van der Waals surface area (Å²) in [6.45, 7) is -0.634. The number of nitro groups is 1. The zero-order valence-electron chi connectivity index (χ0n) is 13.6. The molecule has 0 bridgehead atoms. The van der Waals surface area contributed by atoms with Crippen LogP contribution in [-0.2, 0) is 11.0 Å². The second kappa shape index (κ2) is 7.31. The van der Waals surface area contributed by atoms with Crippen molar-refractivity contribution in [1.82, 2.24) is 15.2 Å². The molecule has 0 unspecified atom stereocenters. The number of alkyl halides is 3. The van der Waals surface area contributed by atoms with Gasteiger partial charge < -0.3 is 10.2 Å². The van der Waals surface area contributed by atoms with Crippen LogP contribution >= 0.6 is 11.6 Å². The number of hydrogen-bond donors (Lipinski definition) is 1. The molecule has 0 atom stereocenters. The van der Waals surface area contributed by atoms with E-state index in [1.807, 2.05) is 0 Å². The molecular formula is C15H9ClF3N5O4. The van der Waals surface area contributed by atoms with Gasteiger partial charge in [0.2, 0.25) is 0 Å². The van der Waals surface area contributed by atoms with Crippen molar-refractivity contribution in [3.63, 3.8) is 0 Å². The van der Waals surface area contributed by atoms with E-state index in [-0.39, 0.29) is 21.7 Å². The second-order valence-corrected chi connectivity index (χ2v) is 5.82. The standard InChI is InChI=1S/C15H9ClF3N5O4/c16-10-3-2-9(6-12(10)24(26)27)20-14(25)7-28-23-13-5-8(15(17,18)19)1-4-11(13)21-22-23/h1-6H,7H2,(H,20,25). The van der Waals surface area contributed by atoms with Gasteiger partial charge in [0.25, 0.3) is 11.6 Å². The van der Waals surface area contributed by atoms with E-state index >= 15 is 0 Å². The minimum atomic E-state index is -4.57. The average Bonchev–Trinajstić information content (AvgIpc) is 3.03. The first kappa shape index (κ1) is 19.4. The van der Waals surface area contributed by atoms with Crippen LogP contribution < -0.4 is 10.2 Å². The fraction of sp³-hybridized carbons (Fsp3) is 0.133. The molecule has 0 aliphatic rings. The monoisotopic (exact) mass is 415 g/mol. The third-order valence-corrected chi connectivity index (χ3v) is 3.81. The summed E-state index contributed by atoms with van der Waals surface area (Å²) < 4.78 is 38.4. The number of nitrogens with one attached hydrogen (secondary N) is 1. The molecular weight excluding hydrogens is 407 g/mol. The molecule has 28 heavy (non-hydrogen) atoms. The van der Waals surface area contributed by atoms with Gasteiger partial charge in [0, 0.05) is 11.8 Å². The van der Waals surface area contributed by atoms with Crippen LogP contribution in [0.25, 0.3) is 11.0 Å². The molecule has 146 valence electrons. The van der Waals surface area contributed by atoms with Crippen molar-refractivity contribution in [3.8, 4) is 0 Å². The lowest BCUT2D eigenvalue weighted by Gasteiger charge is -2.09. The maximum absolute atomic E-state index is 12.8. The molecule has 0 aliphatic carbocycles. The first-order chi connectivity index (χ1) is 13.1. The SMILES string of the molecule is O=C(COn1nnc2ccc(C(F)(F)F)cc21)Nc1ccc(Cl)c([N+](=O)[O-])c1. The highest BCUT2D eigenvalue weighted by molar-refractivity contribution is 6.32. The van der Waals surface area contributed by atoms with Crippen molar-refractivity contribution in [2.45, 2.75) is 6.18 Å². The van der Waals surface area contributed by atoms with Gasteiger partial charge in [0.05, 0.1) is 10.5 Å². The maximum Gasteiger partial charge on any atom is 0.416 e. The van der Waals surface area contributed by atoms with Crippen molar-refractivity contribution in [3.05, 3.63) is 57.1 Å². The Hall–Kier alpha value is -3.41. The Balaban J connectivity index is 1.71. The van der Waals surface area contributed by atoms with Gasteiger partial charge in [-0.1, -0.05) is 16.4 Å². The molecule has 1 amide bonds. The van der Waals surface area contributed by atoms with E-state index in [0.717, 1.165) is 24.3 Å². The lowest BCUT2D eigenvalue weighted by Crippen LogP contribution is -2.26. The molecule has 1 aromatic heterocycles. The Morgan fingerprint density at radius 1 is 1.29 bits per heavy atom. The van der Waals surface area contributed by atoms with Gasteiger partial charge in [-0.25, -0.2) is 0 Å². The summed E-state index contributed by atoms with van der Waals surface area (Å²) in [4.78, 5) is 27.8. The quantitative estimate of drug-likeness (QED) is 0.506. The fourth-order valence-electron chi connectivity index (χ4n) is 2.22. The molecule has 3 rings (SSSR count). The number of amides is 1. The van der Waals surface area contributed by atoms with Gasteiger partial charge in [0.15, 0.2) is 6.61 Å². The number of hydrogen-bond acceptors (Lipinski definition) is 6. The zero-order chi connectivity index (χ0) is 20.5. The van der Waals surface area contributed by atoms with Gasteiger partial charge in [-0.3, -0.25) is 14.9 Å². The van der Waals surface area contributed by atoms with E-state index in [9.17, 15) is 28.1 Å². The molecule has 0 radical (unpaired) electrons. The Kier molecular flexibility index (Phi) is 5.05. The molecule has 0 spiro atoms. The molecule has 13 heteroatoms. The number of anilines is 1. The molecule has 0 fully saturated rings. The number of benzene rings is 2. The second-order valence-electron chi connectivity index (χ2n) is 5.41. The number of rotatable bonds is 5. The predicted molar refractivity (Wildman–Crippen MR) is 90.7 cm³/mol. The molecule has 3 aromatic rings. The Morgan fingerprint density at radius 2 is 2.04 bits per heavy atom. The minimum Gasteiger partial charge on any atom is -0.385 e. The zero-order valence-corrected chi connectivity index (χ0v) is 14.4. The van der Waals surface area contributed by atoms with Crippen LogP contribution in [0.3, 0.4) is 0 Å². The van der Waals surface area contributed by atoms with Crippen LogP contribution in [0.5, 0.6) is 0 Å². The average molecular weight is 416 g/mol. The van der Waals surface area contributed by atoms with Crippen LogP contribution in [0.2, 0.25) is 5.02 Å². The van der Waals surface area contributed by atoms with Crippen LogP contribution in [0.15, 0.2) is 36.4 Å². The minimum absolute atomic E-state index is 0.0789. The normalized spacial score (nSPS) is 11.4. The van der Waals surface area contributed by atoms with Gasteiger partial charge in [-0.15, -0.1) is 5.10 Å². The maximum atomic E-state index is 12.8. The Labute approximate surface area is 158 Å². The van der Waals surface area contributed by atoms with Gasteiger partial charge in [0.1, 0.15) is 16.1 Å². The van der Waals surface area contributed by atoms with E-state index in [1.54, 1.807) is 0 Å². The van der Waals surface area contributed by atoms with Crippen LogP contribution in [0.4, 0.5) is 24.5 Å². The smallest absolute Gasteiger partial charge is 0.385 e. The first-order valence-electron chi connectivity index (χ1n) is 7.45. The highest BCUT2D eigenvalue weighted by Gasteiger charge is 2.31. The summed E-state index contributed by atoms with van der Waals surface area (Å²) in [5, 5.41) is 20.3. The molecule has 1 heterocycles. The third-order valence-electron chi connectivity index (χ3n) is 3.49. The van der Waals surface area contributed by atoms with Crippen molar-refractivity contribution < 1.29 is 27.7 Å². The first-order valence-corrected chi connectivity index (χ1v) is 7.82. The fourth-order valence-corrected chi connectivity index (χ4v) is 2.40. The Morgan fingerprint density at radius 3 is 2.71 bits per heavy atom. The van der Waals surface area contributed by atoms with Crippen LogP contribution in [-0.4, -0.2) is 32.6 Å². The molecule has 0 saturated carbocycles. The number of nitro benzene ring substituents is 1. The Bertz CT molecular complexity index is 1070. The molecule has 0 aliphatic heterocycles. The highest BCUT2D eigenvalue weighted by Crippen LogP contribution is 2.31. The number of aromatic nitrogens is 3. The van der Waals surface area contributed by atoms with E-state index < -0.39 is 34.9 Å². The largest absolute Gasteiger partial charge is 0.416 e. The number of halogens is 4. The third kappa shape index (κ3) is 4.11. The van der Waals surface area contributed by atoms with Gasteiger partial charge in [-0.2, -0.15) is 13.2 Å².